The number of benzene rings is 1. The number of anilines is 1. The molecule has 0 unspecified atom stereocenters. The van der Waals surface area contributed by atoms with Crippen molar-refractivity contribution in [2.24, 2.45) is 0 Å². The van der Waals surface area contributed by atoms with E-state index in [0.29, 0.717) is 12.4 Å². The molecule has 0 radical (unpaired) electrons. The first-order chi connectivity index (χ1) is 12.5. The molecule has 0 bridgehead atoms. The number of fused-ring (bicyclic) bond motifs is 1. The zero-order valence-electron chi connectivity index (χ0n) is 14.7. The molecule has 2 heterocycles. The van der Waals surface area contributed by atoms with E-state index in [2.05, 4.69) is 32.0 Å². The van der Waals surface area contributed by atoms with E-state index in [1.807, 2.05) is 24.4 Å². The van der Waals surface area contributed by atoms with Gasteiger partial charge in [0.1, 0.15) is 6.54 Å². The van der Waals surface area contributed by atoms with Crippen molar-refractivity contribution in [3.63, 3.8) is 0 Å². The Bertz CT molecular complexity index is 913. The Balaban J connectivity index is 1.47. The number of para-hydroxylation sites is 1. The first kappa shape index (κ1) is 17.5. The number of H-pyrrole nitrogens is 1. The molecule has 9 nitrogen and oxygen atoms in total. The summed E-state index contributed by atoms with van der Waals surface area (Å²) in [5, 5.41) is 14.3. The minimum atomic E-state index is -0.305. The van der Waals surface area contributed by atoms with Crippen LogP contribution in [0.3, 0.4) is 0 Å². The summed E-state index contributed by atoms with van der Waals surface area (Å²) >= 11 is 0. The average Bonchev–Trinajstić information content (AvgIpc) is 3.22. The van der Waals surface area contributed by atoms with Gasteiger partial charge in [-0.2, -0.15) is 0 Å². The van der Waals surface area contributed by atoms with Gasteiger partial charge in [0, 0.05) is 37.7 Å². The molecule has 0 saturated heterocycles. The van der Waals surface area contributed by atoms with Crippen molar-refractivity contribution in [2.45, 2.75) is 13.0 Å². The maximum Gasteiger partial charge on any atom is 0.322 e. The molecule has 136 valence electrons. The van der Waals surface area contributed by atoms with E-state index < -0.39 is 0 Å². The van der Waals surface area contributed by atoms with Crippen LogP contribution < -0.4 is 10.6 Å². The molecule has 0 aliphatic carbocycles. The van der Waals surface area contributed by atoms with Gasteiger partial charge < -0.3 is 15.2 Å². The van der Waals surface area contributed by atoms with Crippen LogP contribution in [0, 0.1) is 0 Å². The quantitative estimate of drug-likeness (QED) is 0.618. The number of carbonyl (C=O) groups is 2. The average molecular weight is 355 g/mol. The fourth-order valence-corrected chi connectivity index (χ4v) is 2.53. The number of aromatic nitrogens is 4. The normalized spacial score (nSPS) is 10.7. The first-order valence-electron chi connectivity index (χ1n) is 8.23. The van der Waals surface area contributed by atoms with Gasteiger partial charge in [-0.1, -0.05) is 23.4 Å². The van der Waals surface area contributed by atoms with Gasteiger partial charge in [0.2, 0.25) is 5.91 Å². The molecular formula is C17H21N7O2. The lowest BCUT2D eigenvalue weighted by molar-refractivity contribution is -0.121. The first-order valence-corrected chi connectivity index (χ1v) is 8.23. The summed E-state index contributed by atoms with van der Waals surface area (Å²) in [6, 6.07) is 7.75. The lowest BCUT2D eigenvalue weighted by Gasteiger charge is -2.09. The highest BCUT2D eigenvalue weighted by atomic mass is 16.2. The summed E-state index contributed by atoms with van der Waals surface area (Å²) in [7, 11) is 3.25. The zero-order valence-corrected chi connectivity index (χ0v) is 14.7. The molecule has 3 aromatic rings. The predicted molar refractivity (Wildman–Crippen MR) is 97.7 cm³/mol. The van der Waals surface area contributed by atoms with Crippen molar-refractivity contribution in [1.29, 1.82) is 0 Å². The molecule has 0 aliphatic rings. The molecule has 3 N–H and O–H groups in total. The molecular weight excluding hydrogens is 334 g/mol. The fourth-order valence-electron chi connectivity index (χ4n) is 2.53. The highest BCUT2D eigenvalue weighted by molar-refractivity contribution is 5.87. The summed E-state index contributed by atoms with van der Waals surface area (Å²) in [4.78, 5) is 28.2. The summed E-state index contributed by atoms with van der Waals surface area (Å²) in [6.07, 6.45) is 4.21. The van der Waals surface area contributed by atoms with Crippen LogP contribution in [0.2, 0.25) is 0 Å². The number of hydrogen-bond donors (Lipinski definition) is 3. The van der Waals surface area contributed by atoms with E-state index >= 15 is 0 Å². The molecule has 3 amide bonds. The van der Waals surface area contributed by atoms with Crippen LogP contribution in [0.15, 0.2) is 36.7 Å². The molecule has 26 heavy (non-hydrogen) atoms. The van der Waals surface area contributed by atoms with Crippen molar-refractivity contribution in [3.05, 3.63) is 42.2 Å². The third-order valence-corrected chi connectivity index (χ3v) is 3.88. The van der Waals surface area contributed by atoms with Crippen molar-refractivity contribution >= 4 is 28.7 Å². The van der Waals surface area contributed by atoms with E-state index in [1.165, 1.54) is 21.2 Å². The molecule has 0 atom stereocenters. The smallest absolute Gasteiger partial charge is 0.322 e. The molecule has 3 rings (SSSR count). The van der Waals surface area contributed by atoms with Gasteiger partial charge in [-0.3, -0.25) is 10.1 Å². The Morgan fingerprint density at radius 3 is 2.88 bits per heavy atom. The number of hydrogen-bond acceptors (Lipinski definition) is 4. The van der Waals surface area contributed by atoms with E-state index in [9.17, 15) is 9.59 Å². The number of rotatable bonds is 6. The van der Waals surface area contributed by atoms with Gasteiger partial charge in [0.15, 0.2) is 5.82 Å². The molecule has 9 heteroatoms. The second kappa shape index (κ2) is 7.68. The monoisotopic (exact) mass is 355 g/mol. The number of urea groups is 1. The third-order valence-electron chi connectivity index (χ3n) is 3.88. The van der Waals surface area contributed by atoms with E-state index in [0.717, 1.165) is 17.5 Å². The molecule has 0 saturated carbocycles. The molecule has 0 fully saturated rings. The Hall–Kier alpha value is -3.36. The summed E-state index contributed by atoms with van der Waals surface area (Å²) in [5.41, 5.74) is 2.25. The molecule has 1 aromatic carbocycles. The van der Waals surface area contributed by atoms with Crippen molar-refractivity contribution < 1.29 is 9.59 Å². The van der Waals surface area contributed by atoms with Crippen molar-refractivity contribution in [1.82, 2.24) is 30.2 Å². The van der Waals surface area contributed by atoms with Gasteiger partial charge in [-0.15, -0.1) is 5.10 Å². The fraction of sp³-hybridized carbons (Fsp3) is 0.294. The number of carbonyl (C=O) groups excluding carboxylic acids is 2. The standard InChI is InChI=1S/C17H21N7O2/c1-23(2)17(26)20-15-10-24(22-21-15)11-16(25)18-8-7-12-9-19-14-6-4-3-5-13(12)14/h3-6,9-10,19H,7-8,11H2,1-2H3,(H,18,25)(H,20,26). The Morgan fingerprint density at radius 1 is 1.27 bits per heavy atom. The molecule has 2 aromatic heterocycles. The maximum atomic E-state index is 12.0. The van der Waals surface area contributed by atoms with Gasteiger partial charge >= 0.3 is 6.03 Å². The Labute approximate surface area is 150 Å². The topological polar surface area (TPSA) is 108 Å². The highest BCUT2D eigenvalue weighted by Gasteiger charge is 2.10. The minimum Gasteiger partial charge on any atom is -0.361 e. The maximum absolute atomic E-state index is 12.0. The molecule has 0 spiro atoms. The third kappa shape index (κ3) is 4.18. The Kier molecular flexibility index (Phi) is 5.16. The van der Waals surface area contributed by atoms with Crippen LogP contribution in [0.4, 0.5) is 10.6 Å². The van der Waals surface area contributed by atoms with Crippen LogP contribution in [-0.4, -0.2) is 57.5 Å². The van der Waals surface area contributed by atoms with Gasteiger partial charge in [-0.05, 0) is 18.1 Å². The molecule has 0 aliphatic heterocycles. The van der Waals surface area contributed by atoms with Crippen LogP contribution in [0.5, 0.6) is 0 Å². The van der Waals surface area contributed by atoms with Crippen LogP contribution in [-0.2, 0) is 17.8 Å². The van der Waals surface area contributed by atoms with Gasteiger partial charge in [0.25, 0.3) is 0 Å². The second-order valence-corrected chi connectivity index (χ2v) is 6.09. The summed E-state index contributed by atoms with van der Waals surface area (Å²) in [6.45, 7) is 0.568. The van der Waals surface area contributed by atoms with Gasteiger partial charge in [-0.25, -0.2) is 9.48 Å². The minimum absolute atomic E-state index is 0.0404. The number of amides is 3. The second-order valence-electron chi connectivity index (χ2n) is 6.09. The number of aromatic amines is 1. The number of nitrogens with zero attached hydrogens (tertiary/aromatic N) is 4. The highest BCUT2D eigenvalue weighted by Crippen LogP contribution is 2.17. The Morgan fingerprint density at radius 2 is 2.08 bits per heavy atom. The van der Waals surface area contributed by atoms with Crippen LogP contribution in [0.25, 0.3) is 10.9 Å². The number of nitrogens with one attached hydrogen (secondary N) is 3. The predicted octanol–water partition coefficient (Wildman–Crippen LogP) is 1.21. The van der Waals surface area contributed by atoms with Crippen molar-refractivity contribution in [2.75, 3.05) is 26.0 Å². The van der Waals surface area contributed by atoms with E-state index in [1.54, 1.807) is 14.1 Å². The lowest BCUT2D eigenvalue weighted by Crippen LogP contribution is -2.29. The zero-order chi connectivity index (χ0) is 18.5. The SMILES string of the molecule is CN(C)C(=O)Nc1cn(CC(=O)NCCc2c[nH]c3ccccc23)nn1. The summed E-state index contributed by atoms with van der Waals surface area (Å²) in [5.74, 6) is 0.135. The van der Waals surface area contributed by atoms with Crippen molar-refractivity contribution in [3.8, 4) is 0 Å². The summed E-state index contributed by atoms with van der Waals surface area (Å²) < 4.78 is 1.38. The van der Waals surface area contributed by atoms with Crippen LogP contribution >= 0.6 is 0 Å². The van der Waals surface area contributed by atoms with E-state index in [-0.39, 0.29) is 18.5 Å². The largest absolute Gasteiger partial charge is 0.361 e. The lowest BCUT2D eigenvalue weighted by atomic mass is 10.1. The van der Waals surface area contributed by atoms with Crippen LogP contribution in [0.1, 0.15) is 5.56 Å². The van der Waals surface area contributed by atoms with E-state index in [4.69, 9.17) is 0 Å². The van der Waals surface area contributed by atoms with Gasteiger partial charge in [0.05, 0.1) is 6.20 Å².